The van der Waals surface area contributed by atoms with E-state index >= 15 is 0 Å². The summed E-state index contributed by atoms with van der Waals surface area (Å²) in [6, 6.07) is 17.1. The fourth-order valence-corrected chi connectivity index (χ4v) is 3.26. The molecule has 1 amide bonds. The van der Waals surface area contributed by atoms with Crippen molar-refractivity contribution < 1.29 is 23.5 Å². The quantitative estimate of drug-likeness (QED) is 0.446. The van der Waals surface area contributed by atoms with E-state index in [1.54, 1.807) is 6.07 Å². The number of nitrogens with zero attached hydrogens (tertiary/aromatic N) is 1. The first-order chi connectivity index (χ1) is 14.9. The molecule has 31 heavy (non-hydrogen) atoms. The smallest absolute Gasteiger partial charge is 0.325 e. The van der Waals surface area contributed by atoms with Gasteiger partial charge in [0.2, 0.25) is 5.78 Å². The number of carbonyl (C=O) groups is 3. The van der Waals surface area contributed by atoms with Gasteiger partial charge in [0.15, 0.2) is 6.61 Å². The molecule has 3 aromatic rings. The number of benzene rings is 2. The van der Waals surface area contributed by atoms with Crippen molar-refractivity contribution in [2.24, 2.45) is 0 Å². The standard InChI is InChI=1S/C24H23FN2O4/c1-16-12-20(17(2)27(16)14-18-8-4-3-5-9-18)22(28)15-31-23(29)13-26-24(30)19-10-6-7-11-21(19)25/h3-12H,13-15H2,1-2H3,(H,26,30). The molecule has 0 atom stereocenters. The molecule has 0 bridgehead atoms. The van der Waals surface area contributed by atoms with Crippen molar-refractivity contribution in [3.8, 4) is 0 Å². The van der Waals surface area contributed by atoms with Gasteiger partial charge in [0.25, 0.3) is 5.91 Å². The lowest BCUT2D eigenvalue weighted by Crippen LogP contribution is -2.32. The van der Waals surface area contributed by atoms with Crippen molar-refractivity contribution in [3.63, 3.8) is 0 Å². The summed E-state index contributed by atoms with van der Waals surface area (Å²) in [7, 11) is 0. The number of nitrogens with one attached hydrogen (secondary N) is 1. The lowest BCUT2D eigenvalue weighted by atomic mass is 10.1. The average molecular weight is 422 g/mol. The number of aryl methyl sites for hydroxylation is 1. The van der Waals surface area contributed by atoms with Crippen LogP contribution in [-0.2, 0) is 16.1 Å². The van der Waals surface area contributed by atoms with E-state index < -0.39 is 30.8 Å². The van der Waals surface area contributed by atoms with Gasteiger partial charge < -0.3 is 14.6 Å². The summed E-state index contributed by atoms with van der Waals surface area (Å²) in [6.45, 7) is 3.49. The number of amides is 1. The Balaban J connectivity index is 1.54. The number of rotatable bonds is 8. The van der Waals surface area contributed by atoms with E-state index in [9.17, 15) is 18.8 Å². The molecular formula is C24H23FN2O4. The zero-order valence-corrected chi connectivity index (χ0v) is 17.4. The number of hydrogen-bond donors (Lipinski definition) is 1. The van der Waals surface area contributed by atoms with Crippen LogP contribution in [0.3, 0.4) is 0 Å². The molecule has 0 radical (unpaired) electrons. The highest BCUT2D eigenvalue weighted by atomic mass is 19.1. The van der Waals surface area contributed by atoms with Gasteiger partial charge in [-0.25, -0.2) is 4.39 Å². The first kappa shape index (κ1) is 22.0. The lowest BCUT2D eigenvalue weighted by Gasteiger charge is -2.10. The van der Waals surface area contributed by atoms with Crippen LogP contribution in [0, 0.1) is 19.7 Å². The maximum atomic E-state index is 13.6. The van der Waals surface area contributed by atoms with Crippen molar-refractivity contribution >= 4 is 17.7 Å². The van der Waals surface area contributed by atoms with Gasteiger partial charge in [-0.1, -0.05) is 42.5 Å². The minimum atomic E-state index is -0.781. The van der Waals surface area contributed by atoms with Crippen LogP contribution in [0.5, 0.6) is 0 Å². The minimum absolute atomic E-state index is 0.169. The Morgan fingerprint density at radius 2 is 1.65 bits per heavy atom. The molecule has 0 saturated heterocycles. The number of Topliss-reactive ketones (excluding diaryl/α,β-unsaturated/α-hetero) is 1. The Hall–Kier alpha value is -3.74. The molecule has 0 aliphatic heterocycles. The maximum absolute atomic E-state index is 13.6. The molecule has 0 aliphatic carbocycles. The number of halogens is 1. The topological polar surface area (TPSA) is 77.4 Å². The Kier molecular flexibility index (Phi) is 6.97. The van der Waals surface area contributed by atoms with E-state index in [-0.39, 0.29) is 11.3 Å². The number of carbonyl (C=O) groups excluding carboxylic acids is 3. The number of ketones is 1. The molecule has 0 saturated carbocycles. The number of aromatic nitrogens is 1. The molecule has 0 fully saturated rings. The highest BCUT2D eigenvalue weighted by Gasteiger charge is 2.18. The second-order valence-electron chi connectivity index (χ2n) is 7.10. The van der Waals surface area contributed by atoms with Gasteiger partial charge in [0.05, 0.1) is 5.56 Å². The van der Waals surface area contributed by atoms with E-state index in [1.807, 2.05) is 48.7 Å². The van der Waals surface area contributed by atoms with Crippen LogP contribution >= 0.6 is 0 Å². The van der Waals surface area contributed by atoms with Crippen molar-refractivity contribution in [1.82, 2.24) is 9.88 Å². The number of ether oxygens (including phenoxy) is 1. The SMILES string of the molecule is Cc1cc(C(=O)COC(=O)CNC(=O)c2ccccc2F)c(C)n1Cc1ccccc1. The first-order valence-electron chi connectivity index (χ1n) is 9.79. The normalized spacial score (nSPS) is 10.5. The van der Waals surface area contributed by atoms with Crippen LogP contribution in [-0.4, -0.2) is 35.4 Å². The second-order valence-corrected chi connectivity index (χ2v) is 7.10. The van der Waals surface area contributed by atoms with E-state index in [4.69, 9.17) is 4.74 Å². The van der Waals surface area contributed by atoms with Gasteiger partial charge in [-0.15, -0.1) is 0 Å². The van der Waals surface area contributed by atoms with Gasteiger partial charge >= 0.3 is 5.97 Å². The summed E-state index contributed by atoms with van der Waals surface area (Å²) < 4.78 is 20.6. The third-order valence-corrected chi connectivity index (χ3v) is 4.93. The van der Waals surface area contributed by atoms with Gasteiger partial charge in [-0.05, 0) is 37.6 Å². The van der Waals surface area contributed by atoms with Crippen LogP contribution < -0.4 is 5.32 Å². The molecule has 6 nitrogen and oxygen atoms in total. The molecule has 3 rings (SSSR count). The predicted octanol–water partition coefficient (Wildman–Crippen LogP) is 3.45. The predicted molar refractivity (Wildman–Crippen MR) is 113 cm³/mol. The van der Waals surface area contributed by atoms with Crippen LogP contribution in [0.4, 0.5) is 4.39 Å². The van der Waals surface area contributed by atoms with Gasteiger partial charge in [0.1, 0.15) is 12.4 Å². The van der Waals surface area contributed by atoms with Crippen molar-refractivity contribution in [2.75, 3.05) is 13.2 Å². The summed E-state index contributed by atoms with van der Waals surface area (Å²) in [5, 5.41) is 2.29. The monoisotopic (exact) mass is 422 g/mol. The third kappa shape index (κ3) is 5.45. The maximum Gasteiger partial charge on any atom is 0.325 e. The van der Waals surface area contributed by atoms with Crippen molar-refractivity contribution in [2.45, 2.75) is 20.4 Å². The third-order valence-electron chi connectivity index (χ3n) is 4.93. The molecule has 7 heteroatoms. The largest absolute Gasteiger partial charge is 0.456 e. The summed E-state index contributed by atoms with van der Waals surface area (Å²) in [6.07, 6.45) is 0. The van der Waals surface area contributed by atoms with E-state index in [0.29, 0.717) is 12.1 Å². The Morgan fingerprint density at radius 3 is 2.35 bits per heavy atom. The fraction of sp³-hybridized carbons (Fsp3) is 0.208. The van der Waals surface area contributed by atoms with E-state index in [1.165, 1.54) is 18.2 Å². The summed E-state index contributed by atoms with van der Waals surface area (Å²) in [5.74, 6) is -2.53. The highest BCUT2D eigenvalue weighted by molar-refractivity contribution is 6.00. The molecule has 1 aromatic heterocycles. The van der Waals surface area contributed by atoms with Crippen LogP contribution in [0.15, 0.2) is 60.7 Å². The zero-order valence-electron chi connectivity index (χ0n) is 17.4. The summed E-state index contributed by atoms with van der Waals surface area (Å²) in [4.78, 5) is 36.4. The molecule has 1 heterocycles. The Bertz CT molecular complexity index is 1110. The van der Waals surface area contributed by atoms with Crippen molar-refractivity contribution in [3.05, 3.63) is 94.6 Å². The van der Waals surface area contributed by atoms with E-state index in [2.05, 4.69) is 5.32 Å². The molecular weight excluding hydrogens is 399 g/mol. The lowest BCUT2D eigenvalue weighted by molar-refractivity contribution is -0.141. The van der Waals surface area contributed by atoms with E-state index in [0.717, 1.165) is 23.0 Å². The second kappa shape index (κ2) is 9.84. The molecule has 0 aliphatic rings. The minimum Gasteiger partial charge on any atom is -0.456 e. The highest BCUT2D eigenvalue weighted by Crippen LogP contribution is 2.18. The Labute approximate surface area is 179 Å². The van der Waals surface area contributed by atoms with Crippen LogP contribution in [0.1, 0.15) is 37.7 Å². The fourth-order valence-electron chi connectivity index (χ4n) is 3.26. The number of esters is 1. The van der Waals surface area contributed by atoms with Crippen LogP contribution in [0.25, 0.3) is 0 Å². The van der Waals surface area contributed by atoms with Gasteiger partial charge in [0, 0.05) is 23.5 Å². The molecule has 1 N–H and O–H groups in total. The molecule has 0 unspecified atom stereocenters. The average Bonchev–Trinajstić information content (AvgIpc) is 3.05. The molecule has 0 spiro atoms. The summed E-state index contributed by atoms with van der Waals surface area (Å²) in [5.41, 5.74) is 3.14. The summed E-state index contributed by atoms with van der Waals surface area (Å²) >= 11 is 0. The molecule has 160 valence electrons. The Morgan fingerprint density at radius 1 is 0.968 bits per heavy atom. The van der Waals surface area contributed by atoms with Crippen molar-refractivity contribution in [1.29, 1.82) is 0 Å². The first-order valence-corrected chi connectivity index (χ1v) is 9.79. The van der Waals surface area contributed by atoms with Crippen LogP contribution in [0.2, 0.25) is 0 Å². The number of hydrogen-bond acceptors (Lipinski definition) is 4. The zero-order chi connectivity index (χ0) is 22.4. The van der Waals surface area contributed by atoms with Gasteiger partial charge in [-0.2, -0.15) is 0 Å². The van der Waals surface area contributed by atoms with Gasteiger partial charge in [-0.3, -0.25) is 14.4 Å². The molecule has 2 aromatic carbocycles.